The summed E-state index contributed by atoms with van der Waals surface area (Å²) in [6.07, 6.45) is 1.52. The number of carbonyl (C=O) groups is 2. The van der Waals surface area contributed by atoms with Gasteiger partial charge in [0.2, 0.25) is 0 Å². The molecular weight excluding hydrogens is 312 g/mol. The van der Waals surface area contributed by atoms with Crippen LogP contribution in [0.4, 0.5) is 0 Å². The molecule has 0 spiro atoms. The molecule has 0 saturated heterocycles. The third kappa shape index (κ3) is 14.0. The molecule has 0 fully saturated rings. The molecule has 0 unspecified atom stereocenters. The van der Waals surface area contributed by atoms with Crippen LogP contribution in [-0.2, 0) is 19.1 Å². The Hall–Kier alpha value is -0.700. The molecule has 8 heteroatoms. The Labute approximate surface area is 134 Å². The SMILES string of the molecule is C=CC(=O)OCCSSCCOC(=O)CCN(C)CCN. The summed E-state index contributed by atoms with van der Waals surface area (Å²) in [7, 11) is 5.08. The van der Waals surface area contributed by atoms with Crippen molar-refractivity contribution < 1.29 is 19.1 Å². The van der Waals surface area contributed by atoms with Gasteiger partial charge < -0.3 is 20.1 Å². The van der Waals surface area contributed by atoms with Gasteiger partial charge in [0, 0.05) is 37.2 Å². The smallest absolute Gasteiger partial charge is 0.330 e. The molecule has 0 aliphatic carbocycles. The molecule has 2 N–H and O–H groups in total. The predicted molar refractivity (Wildman–Crippen MR) is 88.2 cm³/mol. The molecule has 0 amide bonds. The van der Waals surface area contributed by atoms with Crippen molar-refractivity contribution in [2.45, 2.75) is 6.42 Å². The van der Waals surface area contributed by atoms with Gasteiger partial charge in [-0.05, 0) is 7.05 Å². The van der Waals surface area contributed by atoms with Gasteiger partial charge in [0.15, 0.2) is 0 Å². The molecule has 0 atom stereocenters. The van der Waals surface area contributed by atoms with Crippen LogP contribution in [0, 0.1) is 0 Å². The number of likely N-dealkylation sites (N-methyl/N-ethyl adjacent to an activating group) is 1. The van der Waals surface area contributed by atoms with Crippen molar-refractivity contribution in [3.63, 3.8) is 0 Å². The molecular formula is C13H24N2O4S2. The fraction of sp³-hybridized carbons (Fsp3) is 0.692. The Morgan fingerprint density at radius 3 is 2.38 bits per heavy atom. The summed E-state index contributed by atoms with van der Waals surface area (Å²) in [6.45, 7) is 6.08. The molecule has 0 rings (SSSR count). The van der Waals surface area contributed by atoms with Gasteiger partial charge in [0.05, 0.1) is 6.42 Å². The molecule has 6 nitrogen and oxygen atoms in total. The summed E-state index contributed by atoms with van der Waals surface area (Å²) in [5.41, 5.74) is 5.41. The second-order valence-corrected chi connectivity index (χ2v) is 6.78. The van der Waals surface area contributed by atoms with E-state index in [1.54, 1.807) is 21.6 Å². The standard InChI is InChI=1S/C13H24N2O4S2/c1-3-12(16)18-8-10-20-21-11-9-19-13(17)4-6-15(2)7-5-14/h3H,1,4-11,14H2,2H3. The highest BCUT2D eigenvalue weighted by molar-refractivity contribution is 8.76. The van der Waals surface area contributed by atoms with E-state index in [0.717, 1.165) is 12.6 Å². The van der Waals surface area contributed by atoms with E-state index in [9.17, 15) is 9.59 Å². The summed E-state index contributed by atoms with van der Waals surface area (Å²) in [5.74, 6) is 0.811. The number of rotatable bonds is 13. The first kappa shape index (κ1) is 20.3. The van der Waals surface area contributed by atoms with Crippen LogP contribution in [0.1, 0.15) is 6.42 Å². The molecule has 0 bridgehead atoms. The van der Waals surface area contributed by atoms with Crippen LogP contribution in [0.5, 0.6) is 0 Å². The van der Waals surface area contributed by atoms with E-state index >= 15 is 0 Å². The number of nitrogens with zero attached hydrogens (tertiary/aromatic N) is 1. The van der Waals surface area contributed by atoms with E-state index in [1.165, 1.54) is 0 Å². The molecule has 0 aromatic rings. The van der Waals surface area contributed by atoms with E-state index < -0.39 is 5.97 Å². The first-order chi connectivity index (χ1) is 10.1. The molecule has 122 valence electrons. The Balaban J connectivity index is 3.32. The number of ether oxygens (including phenoxy) is 2. The minimum Gasteiger partial charge on any atom is -0.465 e. The fourth-order valence-corrected chi connectivity index (χ4v) is 2.88. The zero-order valence-corrected chi connectivity index (χ0v) is 14.0. The first-order valence-electron chi connectivity index (χ1n) is 6.68. The highest BCUT2D eigenvalue weighted by atomic mass is 33.1. The van der Waals surface area contributed by atoms with Crippen LogP contribution in [-0.4, -0.2) is 68.2 Å². The lowest BCUT2D eigenvalue weighted by Gasteiger charge is -2.14. The van der Waals surface area contributed by atoms with Crippen LogP contribution in [0.25, 0.3) is 0 Å². The van der Waals surface area contributed by atoms with Gasteiger partial charge in [-0.1, -0.05) is 28.2 Å². The molecule has 0 aliphatic rings. The topological polar surface area (TPSA) is 81.9 Å². The Morgan fingerprint density at radius 2 is 1.81 bits per heavy atom. The van der Waals surface area contributed by atoms with Gasteiger partial charge in [0.25, 0.3) is 0 Å². The summed E-state index contributed by atoms with van der Waals surface area (Å²) in [5, 5.41) is 0. The largest absolute Gasteiger partial charge is 0.465 e. The second-order valence-electron chi connectivity index (χ2n) is 4.08. The minimum atomic E-state index is -0.408. The van der Waals surface area contributed by atoms with Crippen molar-refractivity contribution in [1.82, 2.24) is 4.90 Å². The van der Waals surface area contributed by atoms with Crippen molar-refractivity contribution in [2.24, 2.45) is 5.73 Å². The van der Waals surface area contributed by atoms with Crippen molar-refractivity contribution in [3.05, 3.63) is 12.7 Å². The summed E-state index contributed by atoms with van der Waals surface area (Å²) < 4.78 is 9.92. The minimum absolute atomic E-state index is 0.190. The maximum absolute atomic E-state index is 11.4. The zero-order chi connectivity index (χ0) is 15.9. The van der Waals surface area contributed by atoms with Crippen molar-refractivity contribution in [3.8, 4) is 0 Å². The Kier molecular flexibility index (Phi) is 13.8. The number of hydrogen-bond acceptors (Lipinski definition) is 8. The average molecular weight is 336 g/mol. The van der Waals surface area contributed by atoms with Crippen LogP contribution < -0.4 is 5.73 Å². The van der Waals surface area contributed by atoms with E-state index in [-0.39, 0.29) is 5.97 Å². The number of hydrogen-bond donors (Lipinski definition) is 1. The molecule has 0 radical (unpaired) electrons. The highest BCUT2D eigenvalue weighted by Gasteiger charge is 2.05. The lowest BCUT2D eigenvalue weighted by Crippen LogP contribution is -2.28. The maximum Gasteiger partial charge on any atom is 0.330 e. The van der Waals surface area contributed by atoms with Gasteiger partial charge in [-0.2, -0.15) is 0 Å². The number of nitrogens with two attached hydrogens (primary N) is 1. The third-order valence-electron chi connectivity index (χ3n) is 2.30. The lowest BCUT2D eigenvalue weighted by molar-refractivity contribution is -0.143. The molecule has 0 saturated carbocycles. The monoisotopic (exact) mass is 336 g/mol. The number of carbonyl (C=O) groups excluding carboxylic acids is 2. The van der Waals surface area contributed by atoms with Gasteiger partial charge in [0.1, 0.15) is 13.2 Å². The molecule has 21 heavy (non-hydrogen) atoms. The Bertz CT molecular complexity index is 317. The van der Waals surface area contributed by atoms with Crippen molar-refractivity contribution >= 4 is 33.5 Å². The van der Waals surface area contributed by atoms with Crippen LogP contribution in [0.3, 0.4) is 0 Å². The lowest BCUT2D eigenvalue weighted by atomic mass is 10.4. The van der Waals surface area contributed by atoms with Crippen LogP contribution in [0.15, 0.2) is 12.7 Å². The first-order valence-corrected chi connectivity index (χ1v) is 9.16. The van der Waals surface area contributed by atoms with Crippen molar-refractivity contribution in [1.29, 1.82) is 0 Å². The number of esters is 2. The zero-order valence-electron chi connectivity index (χ0n) is 12.4. The van der Waals surface area contributed by atoms with Gasteiger partial charge in [-0.15, -0.1) is 0 Å². The fourth-order valence-electron chi connectivity index (χ4n) is 1.23. The van der Waals surface area contributed by atoms with Crippen LogP contribution in [0.2, 0.25) is 0 Å². The third-order valence-corrected chi connectivity index (χ3v) is 4.63. The second kappa shape index (κ2) is 14.2. The summed E-state index contributed by atoms with van der Waals surface area (Å²) in [4.78, 5) is 24.2. The van der Waals surface area contributed by atoms with Crippen LogP contribution >= 0.6 is 21.6 Å². The molecule has 0 aromatic carbocycles. The Morgan fingerprint density at radius 1 is 1.19 bits per heavy atom. The highest BCUT2D eigenvalue weighted by Crippen LogP contribution is 2.20. The normalized spacial score (nSPS) is 10.4. The molecule has 0 heterocycles. The van der Waals surface area contributed by atoms with Gasteiger partial charge in [-0.3, -0.25) is 4.79 Å². The summed E-state index contributed by atoms with van der Waals surface area (Å²) in [6, 6.07) is 0. The average Bonchev–Trinajstić information content (AvgIpc) is 2.47. The van der Waals surface area contributed by atoms with Crippen molar-refractivity contribution in [2.75, 3.05) is 51.4 Å². The molecule has 0 aromatic heterocycles. The molecule has 0 aliphatic heterocycles. The maximum atomic E-state index is 11.4. The summed E-state index contributed by atoms with van der Waals surface area (Å²) >= 11 is 0. The van der Waals surface area contributed by atoms with Gasteiger partial charge in [-0.25, -0.2) is 4.79 Å². The van der Waals surface area contributed by atoms with E-state index in [0.29, 0.717) is 44.2 Å². The van der Waals surface area contributed by atoms with Gasteiger partial charge >= 0.3 is 11.9 Å². The van der Waals surface area contributed by atoms with E-state index in [2.05, 4.69) is 6.58 Å². The van der Waals surface area contributed by atoms with E-state index in [4.69, 9.17) is 15.2 Å². The van der Waals surface area contributed by atoms with E-state index in [1.807, 2.05) is 11.9 Å². The quantitative estimate of drug-likeness (QED) is 0.230. The predicted octanol–water partition coefficient (Wildman–Crippen LogP) is 0.921.